The summed E-state index contributed by atoms with van der Waals surface area (Å²) >= 11 is 0. The smallest absolute Gasteiger partial charge is 0.0624 e. The van der Waals surface area contributed by atoms with Gasteiger partial charge in [-0.1, -0.05) is 19.8 Å². The third-order valence-electron chi connectivity index (χ3n) is 0.997. The Balaban J connectivity index is 2.65. The van der Waals surface area contributed by atoms with Gasteiger partial charge in [-0.25, -0.2) is 0 Å². The zero-order valence-corrected chi connectivity index (χ0v) is 5.35. The van der Waals surface area contributed by atoms with Crippen molar-refractivity contribution in [2.75, 3.05) is 0 Å². The third kappa shape index (κ3) is 5.49. The van der Waals surface area contributed by atoms with E-state index in [0.717, 1.165) is 6.42 Å². The van der Waals surface area contributed by atoms with Crippen molar-refractivity contribution in [3.8, 4) is 6.07 Å². The van der Waals surface area contributed by atoms with Gasteiger partial charge in [0, 0.05) is 6.42 Å². The summed E-state index contributed by atoms with van der Waals surface area (Å²) in [5.74, 6) is 0. The van der Waals surface area contributed by atoms with E-state index in [1.165, 1.54) is 12.8 Å². The van der Waals surface area contributed by atoms with Gasteiger partial charge in [0.25, 0.3) is 0 Å². The molecule has 0 aliphatic heterocycles. The molecule has 0 aromatic carbocycles. The Kier molecular flexibility index (Phi) is 6.08. The maximum Gasteiger partial charge on any atom is 0.0624 e. The van der Waals surface area contributed by atoms with E-state index in [-0.39, 0.29) is 0 Å². The molecule has 45 valence electrons. The van der Waals surface area contributed by atoms with Gasteiger partial charge in [0.15, 0.2) is 0 Å². The second kappa shape index (κ2) is 6.49. The number of nitrogens with zero attached hydrogens (tertiary/aromatic N) is 1. The molecule has 0 atom stereocenters. The van der Waals surface area contributed by atoms with Crippen LogP contribution < -0.4 is 0 Å². The first-order chi connectivity index (χ1) is 3.91. The highest BCUT2D eigenvalue weighted by Gasteiger charge is 1.83. The van der Waals surface area contributed by atoms with Crippen LogP contribution in [0.4, 0.5) is 0 Å². The standard InChI is InChI=1S/C7H12N/c1-2-3-4-5-6-7-8/h5H,2-4,6H2,1H3. The number of unbranched alkanes of at least 4 members (excludes halogenated alkanes) is 4. The number of nitriles is 1. The minimum atomic E-state index is 0.611. The normalized spacial score (nSPS) is 8.50. The van der Waals surface area contributed by atoms with E-state index in [9.17, 15) is 0 Å². The first-order valence-corrected chi connectivity index (χ1v) is 3.10. The summed E-state index contributed by atoms with van der Waals surface area (Å²) in [4.78, 5) is 0. The van der Waals surface area contributed by atoms with E-state index in [0.29, 0.717) is 6.42 Å². The molecule has 0 bridgehead atoms. The third-order valence-corrected chi connectivity index (χ3v) is 0.997. The van der Waals surface area contributed by atoms with Crippen LogP contribution in [0.25, 0.3) is 0 Å². The van der Waals surface area contributed by atoms with Gasteiger partial charge in [-0.15, -0.1) is 0 Å². The fraction of sp³-hybridized carbons (Fsp3) is 0.714. The summed E-state index contributed by atoms with van der Waals surface area (Å²) in [6.45, 7) is 2.15. The van der Waals surface area contributed by atoms with Crippen LogP contribution in [0.1, 0.15) is 32.6 Å². The van der Waals surface area contributed by atoms with Crippen molar-refractivity contribution in [3.63, 3.8) is 0 Å². The van der Waals surface area contributed by atoms with Crippen molar-refractivity contribution < 1.29 is 0 Å². The van der Waals surface area contributed by atoms with E-state index >= 15 is 0 Å². The molecule has 0 rings (SSSR count). The minimum absolute atomic E-state index is 0.611. The molecule has 1 radical (unpaired) electrons. The predicted octanol–water partition coefficient (Wildman–Crippen LogP) is 2.29. The summed E-state index contributed by atoms with van der Waals surface area (Å²) in [7, 11) is 0. The van der Waals surface area contributed by atoms with E-state index in [4.69, 9.17) is 5.26 Å². The number of hydrogen-bond donors (Lipinski definition) is 0. The topological polar surface area (TPSA) is 23.8 Å². The Morgan fingerprint density at radius 3 is 2.88 bits per heavy atom. The number of rotatable bonds is 4. The van der Waals surface area contributed by atoms with Crippen molar-refractivity contribution >= 4 is 0 Å². The van der Waals surface area contributed by atoms with Gasteiger partial charge in [-0.05, 0) is 12.8 Å². The second-order valence-corrected chi connectivity index (χ2v) is 1.79. The molecule has 0 spiro atoms. The van der Waals surface area contributed by atoms with Gasteiger partial charge in [-0.2, -0.15) is 5.26 Å². The SMILES string of the molecule is CCCC[CH]CC#N. The highest BCUT2D eigenvalue weighted by molar-refractivity contribution is 4.80. The summed E-state index contributed by atoms with van der Waals surface area (Å²) in [5.41, 5.74) is 0. The van der Waals surface area contributed by atoms with Gasteiger partial charge in [-0.3, -0.25) is 0 Å². The Labute approximate surface area is 51.3 Å². The maximum absolute atomic E-state index is 8.08. The summed E-state index contributed by atoms with van der Waals surface area (Å²) in [6, 6.07) is 2.07. The lowest BCUT2D eigenvalue weighted by molar-refractivity contribution is 0.773. The second-order valence-electron chi connectivity index (χ2n) is 1.79. The largest absolute Gasteiger partial charge is 0.198 e. The fourth-order valence-corrected chi connectivity index (χ4v) is 0.515. The Morgan fingerprint density at radius 1 is 1.62 bits per heavy atom. The molecule has 0 aromatic rings. The zero-order chi connectivity index (χ0) is 6.24. The van der Waals surface area contributed by atoms with E-state index in [1.807, 2.05) is 6.42 Å². The molecule has 0 unspecified atom stereocenters. The summed E-state index contributed by atoms with van der Waals surface area (Å²) < 4.78 is 0. The van der Waals surface area contributed by atoms with Crippen molar-refractivity contribution in [2.45, 2.75) is 32.6 Å². The Hall–Kier alpha value is -0.510. The van der Waals surface area contributed by atoms with Crippen LogP contribution in [-0.2, 0) is 0 Å². The average molecular weight is 110 g/mol. The molecule has 0 saturated carbocycles. The van der Waals surface area contributed by atoms with Crippen molar-refractivity contribution in [2.24, 2.45) is 0 Å². The van der Waals surface area contributed by atoms with E-state index < -0.39 is 0 Å². The molecular formula is C7H12N. The van der Waals surface area contributed by atoms with Gasteiger partial charge < -0.3 is 0 Å². The van der Waals surface area contributed by atoms with Gasteiger partial charge in [0.1, 0.15) is 0 Å². The quantitative estimate of drug-likeness (QED) is 0.509. The molecule has 1 heteroatoms. The first kappa shape index (κ1) is 7.49. The monoisotopic (exact) mass is 110 g/mol. The molecule has 0 heterocycles. The Morgan fingerprint density at radius 2 is 2.38 bits per heavy atom. The predicted molar refractivity (Wildman–Crippen MR) is 34.1 cm³/mol. The molecule has 8 heavy (non-hydrogen) atoms. The van der Waals surface area contributed by atoms with Crippen molar-refractivity contribution in [1.82, 2.24) is 0 Å². The maximum atomic E-state index is 8.08. The van der Waals surface area contributed by atoms with E-state index in [2.05, 4.69) is 13.0 Å². The molecule has 0 N–H and O–H groups in total. The molecule has 0 saturated heterocycles. The Bertz CT molecular complexity index is 70.9. The summed E-state index contributed by atoms with van der Waals surface area (Å²) in [6.07, 6.45) is 6.19. The minimum Gasteiger partial charge on any atom is -0.198 e. The first-order valence-electron chi connectivity index (χ1n) is 3.10. The highest BCUT2D eigenvalue weighted by atomic mass is 14.2. The average Bonchev–Trinajstić information content (AvgIpc) is 1.81. The summed E-state index contributed by atoms with van der Waals surface area (Å²) in [5, 5.41) is 8.08. The lowest BCUT2D eigenvalue weighted by atomic mass is 10.2. The highest BCUT2D eigenvalue weighted by Crippen LogP contribution is 1.98. The van der Waals surface area contributed by atoms with Crippen molar-refractivity contribution in [1.29, 1.82) is 5.26 Å². The van der Waals surface area contributed by atoms with Crippen LogP contribution in [-0.4, -0.2) is 0 Å². The fourth-order valence-electron chi connectivity index (χ4n) is 0.515. The molecule has 0 aromatic heterocycles. The molecule has 1 nitrogen and oxygen atoms in total. The number of hydrogen-bond acceptors (Lipinski definition) is 1. The molecule has 0 aliphatic rings. The van der Waals surface area contributed by atoms with Gasteiger partial charge in [0.05, 0.1) is 6.07 Å². The van der Waals surface area contributed by atoms with E-state index in [1.54, 1.807) is 0 Å². The molecule has 0 amide bonds. The lowest BCUT2D eigenvalue weighted by Gasteiger charge is -1.89. The molecule has 0 aliphatic carbocycles. The zero-order valence-electron chi connectivity index (χ0n) is 5.35. The van der Waals surface area contributed by atoms with Crippen LogP contribution >= 0.6 is 0 Å². The van der Waals surface area contributed by atoms with Crippen LogP contribution in [0.3, 0.4) is 0 Å². The van der Waals surface area contributed by atoms with Gasteiger partial charge >= 0.3 is 0 Å². The van der Waals surface area contributed by atoms with Crippen LogP contribution in [0.15, 0.2) is 0 Å². The van der Waals surface area contributed by atoms with Crippen LogP contribution in [0.5, 0.6) is 0 Å². The van der Waals surface area contributed by atoms with Crippen LogP contribution in [0.2, 0.25) is 0 Å². The molecule has 0 fully saturated rings. The van der Waals surface area contributed by atoms with Gasteiger partial charge in [0.2, 0.25) is 0 Å². The molecular weight excluding hydrogens is 98.1 g/mol. The van der Waals surface area contributed by atoms with Crippen molar-refractivity contribution in [3.05, 3.63) is 6.42 Å². The van der Waals surface area contributed by atoms with Crippen LogP contribution in [0, 0.1) is 17.8 Å². The lowest BCUT2D eigenvalue weighted by Crippen LogP contribution is -1.73.